The maximum Gasteiger partial charge on any atom is 0.144 e. The molecule has 0 unspecified atom stereocenters. The summed E-state index contributed by atoms with van der Waals surface area (Å²) in [6, 6.07) is 12.2. The lowest BCUT2D eigenvalue weighted by Crippen LogP contribution is -2.14. The van der Waals surface area contributed by atoms with E-state index in [1.807, 2.05) is 28.8 Å². The van der Waals surface area contributed by atoms with E-state index in [0.717, 1.165) is 11.1 Å². The van der Waals surface area contributed by atoms with Crippen LogP contribution in [0.5, 0.6) is 0 Å². The number of aromatic nitrogens is 2. The molecule has 0 saturated carbocycles. The zero-order chi connectivity index (χ0) is 16.4. The van der Waals surface area contributed by atoms with E-state index in [2.05, 4.69) is 4.98 Å². The van der Waals surface area contributed by atoms with Gasteiger partial charge in [0.25, 0.3) is 0 Å². The Morgan fingerprint density at radius 2 is 2.00 bits per heavy atom. The molecule has 1 heterocycles. The number of nitrogens with two attached hydrogens (primary N) is 1. The molecule has 6 heteroatoms. The summed E-state index contributed by atoms with van der Waals surface area (Å²) < 4.78 is 16.0. The summed E-state index contributed by atoms with van der Waals surface area (Å²) in [5.41, 5.74) is 7.78. The fourth-order valence-electron chi connectivity index (χ4n) is 2.46. The fourth-order valence-corrected chi connectivity index (χ4v) is 2.91. The molecule has 0 aliphatic heterocycles. The molecule has 0 aliphatic rings. The first-order valence-corrected chi connectivity index (χ1v) is 7.70. The molecule has 116 valence electrons. The lowest BCUT2D eigenvalue weighted by Gasteiger charge is -2.12. The Labute approximate surface area is 143 Å². The van der Waals surface area contributed by atoms with Crippen molar-refractivity contribution in [2.45, 2.75) is 6.54 Å². The standard InChI is InChI=1S/C17H13ClFN3S/c18-13-6-3-7-14(19)15(13)17-21-8-9-22(17)10-11-4-1-2-5-12(11)16(20)23/h1-9H,10H2,(H2,20,23). The second-order valence-corrected chi connectivity index (χ2v) is 5.84. The molecule has 0 radical (unpaired) electrons. The average Bonchev–Trinajstić information content (AvgIpc) is 2.95. The van der Waals surface area contributed by atoms with Crippen molar-refractivity contribution < 1.29 is 4.39 Å². The third kappa shape index (κ3) is 3.11. The molecule has 0 atom stereocenters. The van der Waals surface area contributed by atoms with Gasteiger partial charge in [0.2, 0.25) is 0 Å². The molecule has 3 aromatic rings. The highest BCUT2D eigenvalue weighted by Gasteiger charge is 2.16. The number of rotatable bonds is 4. The Morgan fingerprint density at radius 3 is 2.74 bits per heavy atom. The molecule has 0 saturated heterocycles. The fraction of sp³-hybridized carbons (Fsp3) is 0.0588. The van der Waals surface area contributed by atoms with E-state index in [9.17, 15) is 4.39 Å². The maximum absolute atomic E-state index is 14.2. The van der Waals surface area contributed by atoms with Gasteiger partial charge >= 0.3 is 0 Å². The normalized spacial score (nSPS) is 10.7. The summed E-state index contributed by atoms with van der Waals surface area (Å²) in [4.78, 5) is 4.58. The number of hydrogen-bond acceptors (Lipinski definition) is 2. The highest BCUT2D eigenvalue weighted by molar-refractivity contribution is 7.80. The van der Waals surface area contributed by atoms with Crippen LogP contribution in [0.25, 0.3) is 11.4 Å². The minimum atomic E-state index is -0.410. The molecule has 3 rings (SSSR count). The zero-order valence-electron chi connectivity index (χ0n) is 12.0. The van der Waals surface area contributed by atoms with Crippen LogP contribution in [0.4, 0.5) is 4.39 Å². The van der Waals surface area contributed by atoms with Crippen molar-refractivity contribution in [2.24, 2.45) is 5.73 Å². The largest absolute Gasteiger partial charge is 0.389 e. The number of nitrogens with zero attached hydrogens (tertiary/aromatic N) is 2. The molecule has 2 aromatic carbocycles. The van der Waals surface area contributed by atoms with Crippen LogP contribution in [0.2, 0.25) is 5.02 Å². The van der Waals surface area contributed by atoms with E-state index in [1.165, 1.54) is 6.07 Å². The van der Waals surface area contributed by atoms with Gasteiger partial charge < -0.3 is 10.3 Å². The predicted octanol–water partition coefficient (Wildman–Crippen LogP) is 4.03. The third-order valence-electron chi connectivity index (χ3n) is 3.53. The Balaban J connectivity index is 2.05. The Hall–Kier alpha value is -2.24. The van der Waals surface area contributed by atoms with Crippen LogP contribution in [0.3, 0.4) is 0 Å². The Bertz CT molecular complexity index is 856. The molecule has 0 spiro atoms. The summed E-state index contributed by atoms with van der Waals surface area (Å²) in [5, 5.41) is 0.320. The summed E-state index contributed by atoms with van der Waals surface area (Å²) in [6.45, 7) is 0.466. The predicted molar refractivity (Wildman–Crippen MR) is 94.1 cm³/mol. The van der Waals surface area contributed by atoms with Gasteiger partial charge in [0.1, 0.15) is 16.6 Å². The topological polar surface area (TPSA) is 43.8 Å². The van der Waals surface area contributed by atoms with Gasteiger partial charge in [-0.25, -0.2) is 9.37 Å². The number of imidazole rings is 1. The monoisotopic (exact) mass is 345 g/mol. The molecule has 1 aromatic heterocycles. The molecule has 2 N–H and O–H groups in total. The summed E-state index contributed by atoms with van der Waals surface area (Å²) in [5.74, 6) is 0.0541. The van der Waals surface area contributed by atoms with Gasteiger partial charge in [-0.2, -0.15) is 0 Å². The van der Waals surface area contributed by atoms with Gasteiger partial charge in [-0.15, -0.1) is 0 Å². The quantitative estimate of drug-likeness (QED) is 0.726. The molecule has 0 aliphatic carbocycles. The van der Waals surface area contributed by atoms with Crippen molar-refractivity contribution in [3.05, 3.63) is 76.8 Å². The van der Waals surface area contributed by atoms with Crippen molar-refractivity contribution in [2.75, 3.05) is 0 Å². The van der Waals surface area contributed by atoms with E-state index in [-0.39, 0.29) is 5.56 Å². The number of halogens is 2. The molecular weight excluding hydrogens is 333 g/mol. The highest BCUT2D eigenvalue weighted by atomic mass is 35.5. The van der Waals surface area contributed by atoms with E-state index >= 15 is 0 Å². The summed E-state index contributed by atoms with van der Waals surface area (Å²) in [6.07, 6.45) is 3.38. The molecule has 23 heavy (non-hydrogen) atoms. The van der Waals surface area contributed by atoms with Crippen molar-refractivity contribution in [1.29, 1.82) is 0 Å². The van der Waals surface area contributed by atoms with Crippen LogP contribution in [0.1, 0.15) is 11.1 Å². The van der Waals surface area contributed by atoms with Gasteiger partial charge in [-0.05, 0) is 17.7 Å². The summed E-state index contributed by atoms with van der Waals surface area (Å²) in [7, 11) is 0. The van der Waals surface area contributed by atoms with Gasteiger partial charge in [-0.3, -0.25) is 0 Å². The lowest BCUT2D eigenvalue weighted by molar-refractivity contribution is 0.628. The van der Waals surface area contributed by atoms with Crippen LogP contribution in [-0.2, 0) is 6.54 Å². The second-order valence-electron chi connectivity index (χ2n) is 5.00. The minimum Gasteiger partial charge on any atom is -0.389 e. The van der Waals surface area contributed by atoms with Gasteiger partial charge in [-0.1, -0.05) is 54.2 Å². The smallest absolute Gasteiger partial charge is 0.144 e. The van der Waals surface area contributed by atoms with Gasteiger partial charge in [0, 0.05) is 24.5 Å². The average molecular weight is 346 g/mol. The lowest BCUT2D eigenvalue weighted by atomic mass is 10.1. The van der Waals surface area contributed by atoms with Crippen LogP contribution < -0.4 is 5.73 Å². The number of thiocarbonyl (C=S) groups is 1. The minimum absolute atomic E-state index is 0.284. The zero-order valence-corrected chi connectivity index (χ0v) is 13.6. The van der Waals surface area contributed by atoms with Crippen LogP contribution in [0.15, 0.2) is 54.9 Å². The Morgan fingerprint density at radius 1 is 1.22 bits per heavy atom. The van der Waals surface area contributed by atoms with Gasteiger partial charge in [0.05, 0.1) is 10.6 Å². The SMILES string of the molecule is NC(=S)c1ccccc1Cn1ccnc1-c1c(F)cccc1Cl. The maximum atomic E-state index is 14.2. The molecule has 0 fully saturated rings. The number of hydrogen-bond donors (Lipinski definition) is 1. The van der Waals surface area contributed by atoms with Crippen molar-refractivity contribution in [3.8, 4) is 11.4 Å². The van der Waals surface area contributed by atoms with Crippen molar-refractivity contribution >= 4 is 28.8 Å². The summed E-state index contributed by atoms with van der Waals surface area (Å²) >= 11 is 11.2. The van der Waals surface area contributed by atoms with E-state index < -0.39 is 5.82 Å². The first-order valence-electron chi connectivity index (χ1n) is 6.91. The second kappa shape index (κ2) is 6.48. The molecular formula is C17H13ClFN3S. The van der Waals surface area contributed by atoms with E-state index in [0.29, 0.717) is 22.4 Å². The molecule has 0 bridgehead atoms. The molecule has 3 nitrogen and oxygen atoms in total. The van der Waals surface area contributed by atoms with Gasteiger partial charge in [0.15, 0.2) is 0 Å². The first kappa shape index (κ1) is 15.6. The number of benzene rings is 2. The third-order valence-corrected chi connectivity index (χ3v) is 4.06. The van der Waals surface area contributed by atoms with E-state index in [4.69, 9.17) is 29.6 Å². The van der Waals surface area contributed by atoms with E-state index in [1.54, 1.807) is 24.5 Å². The highest BCUT2D eigenvalue weighted by Crippen LogP contribution is 2.29. The van der Waals surface area contributed by atoms with Crippen LogP contribution in [0, 0.1) is 5.82 Å². The van der Waals surface area contributed by atoms with Crippen molar-refractivity contribution in [3.63, 3.8) is 0 Å². The Kier molecular flexibility index (Phi) is 4.41. The molecule has 0 amide bonds. The first-order chi connectivity index (χ1) is 11.1. The van der Waals surface area contributed by atoms with Crippen LogP contribution in [-0.4, -0.2) is 14.5 Å². The van der Waals surface area contributed by atoms with Crippen LogP contribution >= 0.6 is 23.8 Å². The van der Waals surface area contributed by atoms with Crippen molar-refractivity contribution in [1.82, 2.24) is 9.55 Å².